The van der Waals surface area contributed by atoms with Gasteiger partial charge in [0.2, 0.25) is 0 Å². The van der Waals surface area contributed by atoms with Gasteiger partial charge in [-0.3, -0.25) is 0 Å². The van der Waals surface area contributed by atoms with E-state index in [1.807, 2.05) is 36.5 Å². The van der Waals surface area contributed by atoms with Crippen LogP contribution in [0.5, 0.6) is 0 Å². The number of hydrogen-bond acceptors (Lipinski definition) is 4. The highest BCUT2D eigenvalue weighted by Crippen LogP contribution is 2.16. The van der Waals surface area contributed by atoms with E-state index in [2.05, 4.69) is 27.2 Å². The number of halogens is 1. The molecular formula is C17H21ClN4. The number of hydrogen-bond donors (Lipinski definition) is 1. The number of likely N-dealkylation sites (tertiary alicyclic amines) is 1. The summed E-state index contributed by atoms with van der Waals surface area (Å²) in [5.74, 6) is 1.71. The maximum atomic E-state index is 6.02. The molecule has 1 atom stereocenters. The first-order valence-electron chi connectivity index (χ1n) is 7.71. The van der Waals surface area contributed by atoms with Gasteiger partial charge in [-0.25, -0.2) is 9.97 Å². The van der Waals surface area contributed by atoms with Crippen molar-refractivity contribution in [2.24, 2.45) is 0 Å². The molecule has 1 N–H and O–H groups in total. The second-order valence-corrected chi connectivity index (χ2v) is 6.26. The Labute approximate surface area is 136 Å². The average molecular weight is 317 g/mol. The summed E-state index contributed by atoms with van der Waals surface area (Å²) in [6, 6.07) is 10.4. The molecule has 1 aromatic heterocycles. The van der Waals surface area contributed by atoms with Gasteiger partial charge in [0, 0.05) is 30.2 Å². The van der Waals surface area contributed by atoms with Gasteiger partial charge in [-0.15, -0.1) is 0 Å². The smallest absolute Gasteiger partial charge is 0.135 e. The normalized spacial score (nSPS) is 18.5. The third-order valence-electron chi connectivity index (χ3n) is 4.15. The second kappa shape index (κ2) is 7.07. The SMILES string of the molecule is CN1CCC[C@H]1CNc1ccnc(Cc2cccc(Cl)c2)n1. The zero-order chi connectivity index (χ0) is 15.4. The van der Waals surface area contributed by atoms with Crippen molar-refractivity contribution in [1.82, 2.24) is 14.9 Å². The van der Waals surface area contributed by atoms with Crippen LogP contribution in [0.1, 0.15) is 24.2 Å². The molecule has 1 saturated heterocycles. The van der Waals surface area contributed by atoms with Crippen molar-refractivity contribution in [2.45, 2.75) is 25.3 Å². The summed E-state index contributed by atoms with van der Waals surface area (Å²) in [6.07, 6.45) is 5.05. The molecule has 116 valence electrons. The average Bonchev–Trinajstić information content (AvgIpc) is 2.91. The third kappa shape index (κ3) is 3.96. The molecule has 2 heterocycles. The van der Waals surface area contributed by atoms with Crippen LogP contribution in [0.3, 0.4) is 0 Å². The van der Waals surface area contributed by atoms with Crippen LogP contribution in [0.25, 0.3) is 0 Å². The predicted molar refractivity (Wildman–Crippen MR) is 90.4 cm³/mol. The molecule has 1 aliphatic rings. The Hall–Kier alpha value is -1.65. The summed E-state index contributed by atoms with van der Waals surface area (Å²) in [4.78, 5) is 11.4. The quantitative estimate of drug-likeness (QED) is 0.919. The molecular weight excluding hydrogens is 296 g/mol. The highest BCUT2D eigenvalue weighted by atomic mass is 35.5. The summed E-state index contributed by atoms with van der Waals surface area (Å²) >= 11 is 6.02. The summed E-state index contributed by atoms with van der Waals surface area (Å²) in [6.45, 7) is 2.13. The van der Waals surface area contributed by atoms with Crippen LogP contribution in [0.2, 0.25) is 5.02 Å². The molecule has 22 heavy (non-hydrogen) atoms. The largest absolute Gasteiger partial charge is 0.368 e. The van der Waals surface area contributed by atoms with Crippen LogP contribution in [-0.4, -0.2) is 41.0 Å². The topological polar surface area (TPSA) is 41.0 Å². The lowest BCUT2D eigenvalue weighted by Gasteiger charge is -2.20. The molecule has 0 radical (unpaired) electrons. The molecule has 1 aromatic carbocycles. The molecule has 3 rings (SSSR count). The molecule has 1 aliphatic heterocycles. The van der Waals surface area contributed by atoms with E-state index in [0.29, 0.717) is 12.5 Å². The summed E-state index contributed by atoms with van der Waals surface area (Å²) in [7, 11) is 2.18. The standard InChI is InChI=1S/C17H21ClN4/c1-22-9-3-6-15(22)12-20-16-7-8-19-17(21-16)11-13-4-2-5-14(18)10-13/h2,4-5,7-8,10,15H,3,6,9,11-12H2,1H3,(H,19,20,21)/t15-/m0/s1. The van der Waals surface area contributed by atoms with Crippen molar-refractivity contribution in [2.75, 3.05) is 25.5 Å². The number of anilines is 1. The van der Waals surface area contributed by atoms with Crippen molar-refractivity contribution in [3.05, 3.63) is 52.9 Å². The number of likely N-dealkylation sites (N-methyl/N-ethyl adjacent to an activating group) is 1. The van der Waals surface area contributed by atoms with Gasteiger partial charge in [0.05, 0.1) is 0 Å². The van der Waals surface area contributed by atoms with Crippen LogP contribution in [-0.2, 0) is 6.42 Å². The van der Waals surface area contributed by atoms with Gasteiger partial charge in [0.25, 0.3) is 0 Å². The van der Waals surface area contributed by atoms with Gasteiger partial charge in [0.1, 0.15) is 11.6 Å². The first-order valence-corrected chi connectivity index (χ1v) is 8.09. The Kier molecular flexibility index (Phi) is 4.90. The molecule has 0 bridgehead atoms. The molecule has 0 aliphatic carbocycles. The zero-order valence-corrected chi connectivity index (χ0v) is 13.6. The van der Waals surface area contributed by atoms with Crippen LogP contribution < -0.4 is 5.32 Å². The Morgan fingerprint density at radius 3 is 3.05 bits per heavy atom. The molecule has 0 amide bonds. The van der Waals surface area contributed by atoms with Gasteiger partial charge in [0.15, 0.2) is 0 Å². The Bertz CT molecular complexity index is 632. The van der Waals surface area contributed by atoms with Crippen molar-refractivity contribution in [3.8, 4) is 0 Å². The lowest BCUT2D eigenvalue weighted by atomic mass is 10.1. The maximum absolute atomic E-state index is 6.02. The highest BCUT2D eigenvalue weighted by Gasteiger charge is 2.20. The van der Waals surface area contributed by atoms with Crippen LogP contribution >= 0.6 is 11.6 Å². The van der Waals surface area contributed by atoms with Crippen molar-refractivity contribution >= 4 is 17.4 Å². The number of nitrogens with zero attached hydrogens (tertiary/aromatic N) is 3. The van der Waals surface area contributed by atoms with E-state index >= 15 is 0 Å². The fraction of sp³-hybridized carbons (Fsp3) is 0.412. The number of nitrogens with one attached hydrogen (secondary N) is 1. The van der Waals surface area contributed by atoms with E-state index < -0.39 is 0 Å². The molecule has 0 spiro atoms. The number of aromatic nitrogens is 2. The lowest BCUT2D eigenvalue weighted by Crippen LogP contribution is -2.31. The Balaban J connectivity index is 1.62. The molecule has 0 unspecified atom stereocenters. The molecule has 2 aromatic rings. The van der Waals surface area contributed by atoms with E-state index in [1.165, 1.54) is 19.4 Å². The lowest BCUT2D eigenvalue weighted by molar-refractivity contribution is 0.322. The van der Waals surface area contributed by atoms with E-state index in [-0.39, 0.29) is 0 Å². The number of benzene rings is 1. The van der Waals surface area contributed by atoms with Gasteiger partial charge in [-0.05, 0) is 50.2 Å². The third-order valence-corrected chi connectivity index (χ3v) is 4.38. The van der Waals surface area contributed by atoms with E-state index in [4.69, 9.17) is 11.6 Å². The van der Waals surface area contributed by atoms with Gasteiger partial charge >= 0.3 is 0 Å². The summed E-state index contributed by atoms with van der Waals surface area (Å²) in [5.41, 5.74) is 1.13. The van der Waals surface area contributed by atoms with Crippen LogP contribution in [0, 0.1) is 0 Å². The van der Waals surface area contributed by atoms with Crippen molar-refractivity contribution in [3.63, 3.8) is 0 Å². The second-order valence-electron chi connectivity index (χ2n) is 5.82. The molecule has 5 heteroatoms. The fourth-order valence-electron chi connectivity index (χ4n) is 2.87. The van der Waals surface area contributed by atoms with Gasteiger partial charge < -0.3 is 10.2 Å². The molecule has 1 fully saturated rings. The van der Waals surface area contributed by atoms with Gasteiger partial charge in [-0.2, -0.15) is 0 Å². The summed E-state index contributed by atoms with van der Waals surface area (Å²) < 4.78 is 0. The van der Waals surface area contributed by atoms with E-state index in [0.717, 1.165) is 28.8 Å². The van der Waals surface area contributed by atoms with Crippen LogP contribution in [0.15, 0.2) is 36.5 Å². The van der Waals surface area contributed by atoms with E-state index in [9.17, 15) is 0 Å². The monoisotopic (exact) mass is 316 g/mol. The van der Waals surface area contributed by atoms with Crippen molar-refractivity contribution < 1.29 is 0 Å². The number of rotatable bonds is 5. The van der Waals surface area contributed by atoms with E-state index in [1.54, 1.807) is 0 Å². The first-order chi connectivity index (χ1) is 10.7. The fourth-order valence-corrected chi connectivity index (χ4v) is 3.08. The highest BCUT2D eigenvalue weighted by molar-refractivity contribution is 6.30. The minimum Gasteiger partial charge on any atom is -0.368 e. The molecule has 0 saturated carbocycles. The van der Waals surface area contributed by atoms with Crippen LogP contribution in [0.4, 0.5) is 5.82 Å². The maximum Gasteiger partial charge on any atom is 0.135 e. The van der Waals surface area contributed by atoms with Gasteiger partial charge in [-0.1, -0.05) is 23.7 Å². The Morgan fingerprint density at radius 2 is 2.27 bits per heavy atom. The zero-order valence-electron chi connectivity index (χ0n) is 12.8. The minimum atomic E-state index is 0.603. The summed E-state index contributed by atoms with van der Waals surface area (Å²) in [5, 5.41) is 4.18. The first kappa shape index (κ1) is 15.3. The van der Waals surface area contributed by atoms with Crippen molar-refractivity contribution in [1.29, 1.82) is 0 Å². The minimum absolute atomic E-state index is 0.603. The predicted octanol–water partition coefficient (Wildman–Crippen LogP) is 3.23. The molecule has 4 nitrogen and oxygen atoms in total. The Morgan fingerprint density at radius 1 is 1.36 bits per heavy atom.